The van der Waals surface area contributed by atoms with Gasteiger partial charge in [-0.25, -0.2) is 0 Å². The topological polar surface area (TPSA) is 9.23 Å². The Morgan fingerprint density at radius 2 is 2.11 bits per heavy atom. The molecule has 0 aromatic carbocycles. The summed E-state index contributed by atoms with van der Waals surface area (Å²) in [5.41, 5.74) is 0.0357. The van der Waals surface area contributed by atoms with Gasteiger partial charge in [-0.2, -0.15) is 12.6 Å². The maximum atomic E-state index is 5.38. The van der Waals surface area contributed by atoms with Gasteiger partial charge in [0.15, 0.2) is 0 Å². The van der Waals surface area contributed by atoms with E-state index < -0.39 is 0 Å². The van der Waals surface area contributed by atoms with Gasteiger partial charge in [0.25, 0.3) is 0 Å². The lowest BCUT2D eigenvalue weighted by Crippen LogP contribution is -2.32. The molecule has 0 bridgehead atoms. The molecule has 0 aromatic heterocycles. The summed E-state index contributed by atoms with van der Waals surface area (Å²) in [5, 5.41) is 0. The van der Waals surface area contributed by atoms with E-state index in [1.165, 1.54) is 0 Å². The normalized spacial score (nSPS) is 16.0. The average molecular weight is 164 g/mol. The van der Waals surface area contributed by atoms with Crippen molar-refractivity contribution in [1.29, 1.82) is 0 Å². The van der Waals surface area contributed by atoms with E-state index in [1.54, 1.807) is 0 Å². The highest BCUT2D eigenvalue weighted by Gasteiger charge is 2.22. The molecule has 0 amide bonds. The monoisotopic (exact) mass is 164 g/mol. The van der Waals surface area contributed by atoms with Crippen molar-refractivity contribution >= 4 is 23.1 Å². The molecule has 0 heterocycles. The molecule has 56 valence electrons. The number of rotatable bonds is 3. The van der Waals surface area contributed by atoms with E-state index in [4.69, 9.17) is 4.43 Å². The lowest BCUT2D eigenvalue weighted by Gasteiger charge is -2.29. The van der Waals surface area contributed by atoms with E-state index in [1.807, 2.05) is 0 Å². The molecule has 0 aliphatic carbocycles. The summed E-state index contributed by atoms with van der Waals surface area (Å²) in [4.78, 5) is 0. The number of hydrogen-bond donors (Lipinski definition) is 1. The van der Waals surface area contributed by atoms with Crippen LogP contribution in [0.4, 0.5) is 0 Å². The zero-order chi connectivity index (χ0) is 7.49. The van der Waals surface area contributed by atoms with Crippen molar-refractivity contribution in [2.75, 3.05) is 5.75 Å². The molecule has 0 fully saturated rings. The molecule has 0 spiro atoms. The third kappa shape index (κ3) is 2.73. The van der Waals surface area contributed by atoms with Gasteiger partial charge in [-0.05, 0) is 25.5 Å². The molecule has 0 saturated carbocycles. The second-order valence-electron chi connectivity index (χ2n) is 2.89. The Labute approximate surface area is 66.1 Å². The first-order valence-electron chi connectivity index (χ1n) is 3.20. The van der Waals surface area contributed by atoms with Gasteiger partial charge in [-0.1, -0.05) is 6.92 Å². The SMILES string of the molecule is CC(CS)C(C)(C)O[SiH3]. The highest BCUT2D eigenvalue weighted by atomic mass is 32.1. The first-order chi connectivity index (χ1) is 4.04. The Bertz CT molecular complexity index is 85.1. The van der Waals surface area contributed by atoms with Crippen molar-refractivity contribution in [3.05, 3.63) is 0 Å². The van der Waals surface area contributed by atoms with Gasteiger partial charge in [0, 0.05) is 0 Å². The molecule has 1 atom stereocenters. The van der Waals surface area contributed by atoms with Crippen LogP contribution in [0, 0.1) is 5.92 Å². The van der Waals surface area contributed by atoms with E-state index in [0.717, 1.165) is 16.2 Å². The first-order valence-corrected chi connectivity index (χ1v) is 4.65. The van der Waals surface area contributed by atoms with Crippen LogP contribution in [0.5, 0.6) is 0 Å². The summed E-state index contributed by atoms with van der Waals surface area (Å²) in [6.07, 6.45) is 0. The molecule has 0 saturated heterocycles. The van der Waals surface area contributed by atoms with Crippen LogP contribution in [0.1, 0.15) is 20.8 Å². The zero-order valence-electron chi connectivity index (χ0n) is 6.64. The molecule has 1 nitrogen and oxygen atoms in total. The molecule has 9 heavy (non-hydrogen) atoms. The lowest BCUT2D eigenvalue weighted by atomic mass is 9.95. The van der Waals surface area contributed by atoms with Crippen LogP contribution in [0.25, 0.3) is 0 Å². The van der Waals surface area contributed by atoms with Crippen molar-refractivity contribution in [2.24, 2.45) is 5.92 Å². The maximum absolute atomic E-state index is 5.38. The van der Waals surface area contributed by atoms with Crippen LogP contribution in [0.2, 0.25) is 0 Å². The molecule has 3 heteroatoms. The van der Waals surface area contributed by atoms with Crippen molar-refractivity contribution in [1.82, 2.24) is 0 Å². The van der Waals surface area contributed by atoms with Crippen molar-refractivity contribution in [3.8, 4) is 0 Å². The third-order valence-electron chi connectivity index (χ3n) is 1.99. The minimum absolute atomic E-state index is 0.0357. The van der Waals surface area contributed by atoms with Crippen LogP contribution >= 0.6 is 12.6 Å². The molecule has 0 rings (SSSR count). The smallest absolute Gasteiger partial charge is 0.146 e. The fourth-order valence-corrected chi connectivity index (χ4v) is 1.26. The summed E-state index contributed by atoms with van der Waals surface area (Å²) >= 11 is 4.20. The maximum Gasteiger partial charge on any atom is 0.146 e. The van der Waals surface area contributed by atoms with Gasteiger partial charge in [-0.15, -0.1) is 0 Å². The van der Waals surface area contributed by atoms with Crippen molar-refractivity contribution < 1.29 is 4.43 Å². The molecule has 0 N–H and O–H groups in total. The fourth-order valence-electron chi connectivity index (χ4n) is 0.421. The second kappa shape index (κ2) is 3.64. The molecular formula is C6H16OSSi. The standard InChI is InChI=1S/C6H16OSSi/c1-5(4-8)6(2,3)7-9/h5,8H,4H2,1-3,9H3. The van der Waals surface area contributed by atoms with Gasteiger partial charge in [-0.3, -0.25) is 0 Å². The predicted octanol–water partition coefficient (Wildman–Crippen LogP) is 0.628. The van der Waals surface area contributed by atoms with E-state index in [2.05, 4.69) is 33.4 Å². The minimum atomic E-state index is 0.0357. The van der Waals surface area contributed by atoms with E-state index in [-0.39, 0.29) is 5.60 Å². The molecular weight excluding hydrogens is 148 g/mol. The highest BCUT2D eigenvalue weighted by molar-refractivity contribution is 7.80. The van der Waals surface area contributed by atoms with Crippen molar-refractivity contribution in [3.63, 3.8) is 0 Å². The van der Waals surface area contributed by atoms with E-state index in [9.17, 15) is 0 Å². The Morgan fingerprint density at radius 3 is 2.22 bits per heavy atom. The summed E-state index contributed by atoms with van der Waals surface area (Å²) in [6.45, 7) is 6.38. The van der Waals surface area contributed by atoms with E-state index >= 15 is 0 Å². The Hall–Kier alpha value is 0.527. The highest BCUT2D eigenvalue weighted by Crippen LogP contribution is 2.20. The largest absolute Gasteiger partial charge is 0.423 e. The van der Waals surface area contributed by atoms with Gasteiger partial charge in [0.2, 0.25) is 0 Å². The Morgan fingerprint density at radius 1 is 1.67 bits per heavy atom. The number of hydrogen-bond acceptors (Lipinski definition) is 2. The van der Waals surface area contributed by atoms with Gasteiger partial charge < -0.3 is 4.43 Å². The third-order valence-corrected chi connectivity index (χ3v) is 3.59. The minimum Gasteiger partial charge on any atom is -0.423 e. The lowest BCUT2D eigenvalue weighted by molar-refractivity contribution is 0.0730. The summed E-state index contributed by atoms with van der Waals surface area (Å²) in [5.74, 6) is 1.44. The quantitative estimate of drug-likeness (QED) is 0.475. The molecule has 0 aliphatic heterocycles. The molecule has 0 aliphatic rings. The second-order valence-corrected chi connectivity index (χ2v) is 3.66. The van der Waals surface area contributed by atoms with Gasteiger partial charge in [0.05, 0.1) is 5.60 Å². The van der Waals surface area contributed by atoms with Gasteiger partial charge >= 0.3 is 0 Å². The number of thiol groups is 1. The fraction of sp³-hybridized carbons (Fsp3) is 1.00. The Balaban J connectivity index is 3.80. The molecule has 1 unspecified atom stereocenters. The summed E-state index contributed by atoms with van der Waals surface area (Å²) < 4.78 is 5.38. The first kappa shape index (κ1) is 9.53. The van der Waals surface area contributed by atoms with Crippen LogP contribution < -0.4 is 0 Å². The predicted molar refractivity (Wildman–Crippen MR) is 48.1 cm³/mol. The van der Waals surface area contributed by atoms with Crippen LogP contribution in [0.15, 0.2) is 0 Å². The van der Waals surface area contributed by atoms with Crippen LogP contribution in [-0.4, -0.2) is 21.8 Å². The van der Waals surface area contributed by atoms with E-state index in [0.29, 0.717) is 5.92 Å². The zero-order valence-corrected chi connectivity index (χ0v) is 9.53. The Kier molecular flexibility index (Phi) is 3.85. The van der Waals surface area contributed by atoms with Gasteiger partial charge in [0.1, 0.15) is 10.5 Å². The van der Waals surface area contributed by atoms with Crippen molar-refractivity contribution in [2.45, 2.75) is 26.4 Å². The van der Waals surface area contributed by atoms with Crippen LogP contribution in [-0.2, 0) is 4.43 Å². The molecule has 0 radical (unpaired) electrons. The summed E-state index contributed by atoms with van der Waals surface area (Å²) in [6, 6.07) is 0. The molecule has 0 aromatic rings. The summed E-state index contributed by atoms with van der Waals surface area (Å²) in [7, 11) is 0.816. The average Bonchev–Trinajstić information content (AvgIpc) is 1.86. The van der Waals surface area contributed by atoms with Crippen LogP contribution in [0.3, 0.4) is 0 Å².